The first-order valence-corrected chi connectivity index (χ1v) is 6.13. The first kappa shape index (κ1) is 11.1. The third-order valence-corrected chi connectivity index (χ3v) is 3.28. The molecule has 0 unspecified atom stereocenters. The lowest BCUT2D eigenvalue weighted by Gasteiger charge is -2.15. The molecule has 1 saturated carbocycles. The van der Waals surface area contributed by atoms with E-state index in [2.05, 4.69) is 18.8 Å². The number of aryl methyl sites for hydroxylation is 1. The van der Waals surface area contributed by atoms with Gasteiger partial charge in [0.05, 0.1) is 0 Å². The summed E-state index contributed by atoms with van der Waals surface area (Å²) < 4.78 is 0. The van der Waals surface area contributed by atoms with Crippen molar-refractivity contribution in [3.63, 3.8) is 0 Å². The van der Waals surface area contributed by atoms with Crippen LogP contribution in [-0.2, 0) is 0 Å². The average Bonchev–Trinajstić information content (AvgIpc) is 2.32. The topological polar surface area (TPSA) is 26.0 Å². The van der Waals surface area contributed by atoms with Gasteiger partial charge >= 0.3 is 0 Å². The first-order chi connectivity index (χ1) is 7.75. The Hall–Kier alpha value is -1.42. The molecule has 1 heteroatoms. The third kappa shape index (κ3) is 2.79. The normalized spacial score (nSPS) is 16.6. The summed E-state index contributed by atoms with van der Waals surface area (Å²) in [5, 5.41) is 0. The van der Waals surface area contributed by atoms with Crippen LogP contribution < -0.4 is 5.73 Å². The van der Waals surface area contributed by atoms with E-state index in [4.69, 9.17) is 5.73 Å². The second-order valence-electron chi connectivity index (χ2n) is 4.68. The molecule has 0 saturated heterocycles. The van der Waals surface area contributed by atoms with Crippen molar-refractivity contribution in [2.24, 2.45) is 5.92 Å². The molecule has 16 heavy (non-hydrogen) atoms. The summed E-state index contributed by atoms with van der Waals surface area (Å²) in [5.41, 5.74) is 8.88. The van der Waals surface area contributed by atoms with Crippen molar-refractivity contribution in [3.05, 3.63) is 29.3 Å². The zero-order valence-electron chi connectivity index (χ0n) is 9.92. The zero-order chi connectivity index (χ0) is 11.4. The molecule has 1 aromatic rings. The summed E-state index contributed by atoms with van der Waals surface area (Å²) in [4.78, 5) is 0. The summed E-state index contributed by atoms with van der Waals surface area (Å²) in [7, 11) is 0. The molecule has 1 fully saturated rings. The van der Waals surface area contributed by atoms with E-state index in [0.29, 0.717) is 5.92 Å². The van der Waals surface area contributed by atoms with E-state index in [9.17, 15) is 0 Å². The molecule has 0 aromatic heterocycles. The summed E-state index contributed by atoms with van der Waals surface area (Å²) in [6, 6.07) is 5.95. The number of benzene rings is 1. The van der Waals surface area contributed by atoms with Gasteiger partial charge in [-0.1, -0.05) is 37.2 Å². The van der Waals surface area contributed by atoms with Gasteiger partial charge in [-0.2, -0.15) is 0 Å². The van der Waals surface area contributed by atoms with E-state index in [1.54, 1.807) is 0 Å². The van der Waals surface area contributed by atoms with Crippen LogP contribution in [0.3, 0.4) is 0 Å². The monoisotopic (exact) mass is 213 g/mol. The highest BCUT2D eigenvalue weighted by atomic mass is 14.5. The minimum atomic E-state index is 0.606. The quantitative estimate of drug-likeness (QED) is 0.518. The van der Waals surface area contributed by atoms with Gasteiger partial charge in [0, 0.05) is 17.2 Å². The van der Waals surface area contributed by atoms with Crippen LogP contribution in [0.15, 0.2) is 18.2 Å². The third-order valence-electron chi connectivity index (χ3n) is 3.28. The summed E-state index contributed by atoms with van der Waals surface area (Å²) in [6.45, 7) is 2.09. The molecule has 0 amide bonds. The minimum Gasteiger partial charge on any atom is -0.399 e. The van der Waals surface area contributed by atoms with Gasteiger partial charge in [0.2, 0.25) is 0 Å². The van der Waals surface area contributed by atoms with Crippen LogP contribution in [0.2, 0.25) is 0 Å². The molecule has 0 bridgehead atoms. The molecule has 1 nitrogen and oxygen atoms in total. The highest BCUT2D eigenvalue weighted by molar-refractivity contribution is 5.51. The second kappa shape index (κ2) is 5.07. The molecule has 84 valence electrons. The maximum Gasteiger partial charge on any atom is 0.0326 e. The fourth-order valence-corrected chi connectivity index (χ4v) is 2.20. The van der Waals surface area contributed by atoms with Crippen LogP contribution in [0.5, 0.6) is 0 Å². The van der Waals surface area contributed by atoms with E-state index in [1.807, 2.05) is 18.2 Å². The summed E-state index contributed by atoms with van der Waals surface area (Å²) in [6.07, 6.45) is 6.61. The predicted octanol–water partition coefficient (Wildman–Crippen LogP) is 3.51. The van der Waals surface area contributed by atoms with Crippen molar-refractivity contribution in [1.29, 1.82) is 0 Å². The number of hydrogen-bond donors (Lipinski definition) is 1. The number of nitrogen functional groups attached to an aromatic ring is 1. The average molecular weight is 213 g/mol. The Morgan fingerprint density at radius 2 is 1.94 bits per heavy atom. The molecule has 0 heterocycles. The fraction of sp³-hybridized carbons (Fsp3) is 0.467. The molecule has 2 rings (SSSR count). The lowest BCUT2D eigenvalue weighted by molar-refractivity contribution is 0.430. The fourth-order valence-electron chi connectivity index (χ4n) is 2.20. The van der Waals surface area contributed by atoms with Crippen molar-refractivity contribution < 1.29 is 0 Å². The number of hydrogen-bond acceptors (Lipinski definition) is 1. The molecular formula is C15H19N. The molecule has 0 atom stereocenters. The van der Waals surface area contributed by atoms with E-state index < -0.39 is 0 Å². The van der Waals surface area contributed by atoms with Crippen LogP contribution >= 0.6 is 0 Å². The highest BCUT2D eigenvalue weighted by Crippen LogP contribution is 2.23. The Morgan fingerprint density at radius 1 is 1.19 bits per heavy atom. The lowest BCUT2D eigenvalue weighted by atomic mass is 9.89. The van der Waals surface area contributed by atoms with E-state index in [-0.39, 0.29) is 0 Å². The largest absolute Gasteiger partial charge is 0.399 e. The van der Waals surface area contributed by atoms with Gasteiger partial charge in [-0.05, 0) is 37.5 Å². The van der Waals surface area contributed by atoms with Crippen molar-refractivity contribution >= 4 is 5.69 Å². The van der Waals surface area contributed by atoms with E-state index in [1.165, 1.54) is 37.7 Å². The minimum absolute atomic E-state index is 0.606. The standard InChI is InChI=1S/C15H19N/c1-12-7-10-15(16)11-14(12)9-8-13-5-3-2-4-6-13/h7,10-11,13H,2-6,16H2,1H3. The Bertz CT molecular complexity index is 417. The van der Waals surface area contributed by atoms with Crippen molar-refractivity contribution in [2.75, 3.05) is 5.73 Å². The van der Waals surface area contributed by atoms with Gasteiger partial charge in [0.15, 0.2) is 0 Å². The first-order valence-electron chi connectivity index (χ1n) is 6.13. The van der Waals surface area contributed by atoms with Gasteiger partial charge < -0.3 is 5.73 Å². The lowest BCUT2D eigenvalue weighted by Crippen LogP contribution is -2.03. The molecular weight excluding hydrogens is 194 g/mol. The van der Waals surface area contributed by atoms with Crippen molar-refractivity contribution in [2.45, 2.75) is 39.0 Å². The zero-order valence-corrected chi connectivity index (χ0v) is 9.92. The van der Waals surface area contributed by atoms with Crippen LogP contribution in [0.4, 0.5) is 5.69 Å². The molecule has 1 aliphatic carbocycles. The Labute approximate surface area is 98.0 Å². The Morgan fingerprint density at radius 3 is 2.69 bits per heavy atom. The molecule has 1 aromatic carbocycles. The summed E-state index contributed by atoms with van der Waals surface area (Å²) in [5.74, 6) is 7.30. The van der Waals surface area contributed by atoms with Crippen LogP contribution in [0.25, 0.3) is 0 Å². The van der Waals surface area contributed by atoms with E-state index in [0.717, 1.165) is 11.3 Å². The smallest absolute Gasteiger partial charge is 0.0326 e. The van der Waals surface area contributed by atoms with E-state index >= 15 is 0 Å². The molecule has 0 aliphatic heterocycles. The highest BCUT2D eigenvalue weighted by Gasteiger charge is 2.09. The van der Waals surface area contributed by atoms with Gasteiger partial charge in [-0.15, -0.1) is 0 Å². The van der Waals surface area contributed by atoms with Gasteiger partial charge in [-0.3, -0.25) is 0 Å². The predicted molar refractivity (Wildman–Crippen MR) is 69.0 cm³/mol. The Balaban J connectivity index is 2.13. The molecule has 0 spiro atoms. The number of rotatable bonds is 0. The van der Waals surface area contributed by atoms with Crippen LogP contribution in [-0.4, -0.2) is 0 Å². The maximum atomic E-state index is 5.77. The number of nitrogens with two attached hydrogens (primary N) is 1. The van der Waals surface area contributed by atoms with Crippen LogP contribution in [0.1, 0.15) is 43.2 Å². The van der Waals surface area contributed by atoms with Crippen LogP contribution in [0, 0.1) is 24.7 Å². The Kier molecular flexibility index (Phi) is 3.51. The summed E-state index contributed by atoms with van der Waals surface area (Å²) >= 11 is 0. The molecule has 0 radical (unpaired) electrons. The second-order valence-corrected chi connectivity index (χ2v) is 4.68. The van der Waals surface area contributed by atoms with Crippen molar-refractivity contribution in [1.82, 2.24) is 0 Å². The van der Waals surface area contributed by atoms with Gasteiger partial charge in [0.1, 0.15) is 0 Å². The maximum absolute atomic E-state index is 5.77. The van der Waals surface area contributed by atoms with Gasteiger partial charge in [0.25, 0.3) is 0 Å². The SMILES string of the molecule is Cc1ccc(N)cc1C#CC1CCCCC1. The van der Waals surface area contributed by atoms with Gasteiger partial charge in [-0.25, -0.2) is 0 Å². The van der Waals surface area contributed by atoms with Crippen molar-refractivity contribution in [3.8, 4) is 11.8 Å². The molecule has 1 aliphatic rings. The molecule has 2 N–H and O–H groups in total. The number of anilines is 1.